The molecular weight excluding hydrogens is 212 g/mol. The molecule has 0 radical (unpaired) electrons. The molecule has 3 N–H and O–H groups in total. The second-order valence-electron chi connectivity index (χ2n) is 3.58. The fourth-order valence-electron chi connectivity index (χ4n) is 1.14. The summed E-state index contributed by atoms with van der Waals surface area (Å²) < 4.78 is 0. The molecule has 0 saturated heterocycles. The lowest BCUT2D eigenvalue weighted by molar-refractivity contribution is -0.137. The van der Waals surface area contributed by atoms with Crippen molar-refractivity contribution < 1.29 is 19.5 Å². The Kier molecular flexibility index (Phi) is 6.91. The lowest BCUT2D eigenvalue weighted by Gasteiger charge is -2.10. The van der Waals surface area contributed by atoms with Gasteiger partial charge >= 0.3 is 5.97 Å². The van der Waals surface area contributed by atoms with Crippen LogP contribution in [-0.2, 0) is 14.4 Å². The summed E-state index contributed by atoms with van der Waals surface area (Å²) >= 11 is 0. The van der Waals surface area contributed by atoms with Crippen molar-refractivity contribution in [2.75, 3.05) is 13.1 Å². The largest absolute Gasteiger partial charge is 0.480 e. The number of nitrogens with one attached hydrogen (secondary N) is 2. The second-order valence-corrected chi connectivity index (χ2v) is 3.58. The van der Waals surface area contributed by atoms with E-state index in [0.29, 0.717) is 0 Å². The van der Waals surface area contributed by atoms with Crippen molar-refractivity contribution in [3.63, 3.8) is 0 Å². The number of carboxylic acid groups (broad SMARTS) is 1. The zero-order valence-corrected chi connectivity index (χ0v) is 9.58. The lowest BCUT2D eigenvalue weighted by Crippen LogP contribution is -2.40. The first-order chi connectivity index (χ1) is 7.47. The second kappa shape index (κ2) is 7.67. The Morgan fingerprint density at radius 1 is 1.19 bits per heavy atom. The Morgan fingerprint density at radius 3 is 2.31 bits per heavy atom. The first-order valence-electron chi connectivity index (χ1n) is 5.23. The number of amides is 2. The number of hydrogen-bond donors (Lipinski definition) is 3. The Labute approximate surface area is 94.4 Å². The van der Waals surface area contributed by atoms with E-state index in [-0.39, 0.29) is 18.4 Å². The van der Waals surface area contributed by atoms with Crippen LogP contribution in [0.4, 0.5) is 0 Å². The maximum absolute atomic E-state index is 11.4. The predicted octanol–water partition coefficient (Wildman–Crippen LogP) is -0.260. The first kappa shape index (κ1) is 14.4. The van der Waals surface area contributed by atoms with Gasteiger partial charge in [-0.25, -0.2) is 0 Å². The molecule has 0 rings (SSSR count). The van der Waals surface area contributed by atoms with Gasteiger partial charge < -0.3 is 15.7 Å². The average molecular weight is 230 g/mol. The molecule has 0 bridgehead atoms. The van der Waals surface area contributed by atoms with Crippen LogP contribution in [0.5, 0.6) is 0 Å². The summed E-state index contributed by atoms with van der Waals surface area (Å²) in [5, 5.41) is 12.9. The summed E-state index contributed by atoms with van der Waals surface area (Å²) in [5.41, 5.74) is 0. The minimum atomic E-state index is -1.11. The van der Waals surface area contributed by atoms with Crippen LogP contribution in [0.3, 0.4) is 0 Å². The Morgan fingerprint density at radius 2 is 1.81 bits per heavy atom. The SMILES string of the molecule is CCCC(C)C(=O)NCC(=O)NCC(=O)O. The molecule has 6 nitrogen and oxygen atoms in total. The zero-order chi connectivity index (χ0) is 12.6. The van der Waals surface area contributed by atoms with Crippen molar-refractivity contribution in [2.45, 2.75) is 26.7 Å². The van der Waals surface area contributed by atoms with Crippen molar-refractivity contribution in [2.24, 2.45) is 5.92 Å². The third-order valence-corrected chi connectivity index (χ3v) is 2.03. The third kappa shape index (κ3) is 6.80. The van der Waals surface area contributed by atoms with Crippen molar-refractivity contribution in [1.29, 1.82) is 0 Å². The Hall–Kier alpha value is -1.59. The zero-order valence-electron chi connectivity index (χ0n) is 9.58. The van der Waals surface area contributed by atoms with Gasteiger partial charge in [0.15, 0.2) is 0 Å². The smallest absolute Gasteiger partial charge is 0.322 e. The Bertz CT molecular complexity index is 266. The highest BCUT2D eigenvalue weighted by Crippen LogP contribution is 2.03. The molecule has 1 unspecified atom stereocenters. The summed E-state index contributed by atoms with van der Waals surface area (Å²) in [5.74, 6) is -1.93. The van der Waals surface area contributed by atoms with Crippen LogP contribution < -0.4 is 10.6 Å². The minimum Gasteiger partial charge on any atom is -0.480 e. The van der Waals surface area contributed by atoms with Gasteiger partial charge in [0.2, 0.25) is 11.8 Å². The van der Waals surface area contributed by atoms with Gasteiger partial charge in [-0.3, -0.25) is 14.4 Å². The van der Waals surface area contributed by atoms with Gasteiger partial charge in [0, 0.05) is 5.92 Å². The molecule has 0 aromatic rings. The number of carbonyl (C=O) groups excluding carboxylic acids is 2. The van der Waals surface area contributed by atoms with Crippen LogP contribution in [-0.4, -0.2) is 36.0 Å². The topological polar surface area (TPSA) is 95.5 Å². The van der Waals surface area contributed by atoms with Crippen LogP contribution in [0.25, 0.3) is 0 Å². The number of carbonyl (C=O) groups is 3. The van der Waals surface area contributed by atoms with Crippen LogP contribution in [0.1, 0.15) is 26.7 Å². The molecule has 0 aromatic carbocycles. The summed E-state index contributed by atoms with van der Waals surface area (Å²) in [6.45, 7) is 3.15. The molecule has 0 aliphatic carbocycles. The van der Waals surface area contributed by atoms with E-state index in [2.05, 4.69) is 10.6 Å². The monoisotopic (exact) mass is 230 g/mol. The van der Waals surface area contributed by atoms with E-state index in [1.54, 1.807) is 6.92 Å². The van der Waals surface area contributed by atoms with Crippen LogP contribution >= 0.6 is 0 Å². The molecule has 16 heavy (non-hydrogen) atoms. The molecule has 0 spiro atoms. The van der Waals surface area contributed by atoms with Gasteiger partial charge in [0.25, 0.3) is 0 Å². The third-order valence-electron chi connectivity index (χ3n) is 2.03. The summed E-state index contributed by atoms with van der Waals surface area (Å²) in [4.78, 5) is 32.5. The normalized spacial score (nSPS) is 11.6. The first-order valence-corrected chi connectivity index (χ1v) is 5.23. The van der Waals surface area contributed by atoms with Gasteiger partial charge in [-0.05, 0) is 6.42 Å². The molecule has 0 saturated carbocycles. The molecule has 0 aliphatic heterocycles. The fourth-order valence-corrected chi connectivity index (χ4v) is 1.14. The molecule has 0 aromatic heterocycles. The maximum atomic E-state index is 11.4. The molecule has 0 heterocycles. The molecule has 92 valence electrons. The van der Waals surface area contributed by atoms with E-state index in [4.69, 9.17) is 5.11 Å². The van der Waals surface area contributed by atoms with E-state index in [1.165, 1.54) is 0 Å². The lowest BCUT2D eigenvalue weighted by atomic mass is 10.1. The van der Waals surface area contributed by atoms with E-state index < -0.39 is 18.4 Å². The highest BCUT2D eigenvalue weighted by molar-refractivity contribution is 5.87. The molecule has 0 aliphatic rings. The van der Waals surface area contributed by atoms with Crippen molar-refractivity contribution in [1.82, 2.24) is 10.6 Å². The summed E-state index contributed by atoms with van der Waals surface area (Å²) in [7, 11) is 0. The van der Waals surface area contributed by atoms with Crippen LogP contribution in [0.2, 0.25) is 0 Å². The molecule has 1 atom stereocenters. The van der Waals surface area contributed by atoms with E-state index in [0.717, 1.165) is 12.8 Å². The van der Waals surface area contributed by atoms with Crippen LogP contribution in [0, 0.1) is 5.92 Å². The molecular formula is C10H18N2O4. The van der Waals surface area contributed by atoms with Crippen molar-refractivity contribution >= 4 is 17.8 Å². The van der Waals surface area contributed by atoms with Gasteiger partial charge in [-0.15, -0.1) is 0 Å². The number of aliphatic carboxylic acids is 1. The molecule has 6 heteroatoms. The maximum Gasteiger partial charge on any atom is 0.322 e. The standard InChI is InChI=1S/C10H18N2O4/c1-3-4-7(2)10(16)12-5-8(13)11-6-9(14)15/h7H,3-6H2,1-2H3,(H,11,13)(H,12,16)(H,14,15). The van der Waals surface area contributed by atoms with E-state index in [1.807, 2.05) is 6.92 Å². The van der Waals surface area contributed by atoms with E-state index in [9.17, 15) is 14.4 Å². The quantitative estimate of drug-likeness (QED) is 0.561. The fraction of sp³-hybridized carbons (Fsp3) is 0.700. The highest BCUT2D eigenvalue weighted by atomic mass is 16.4. The van der Waals surface area contributed by atoms with Gasteiger partial charge in [-0.1, -0.05) is 20.3 Å². The summed E-state index contributed by atoms with van der Waals surface area (Å²) in [6, 6.07) is 0. The minimum absolute atomic E-state index is 0.128. The highest BCUT2D eigenvalue weighted by Gasteiger charge is 2.12. The predicted molar refractivity (Wildman–Crippen MR) is 57.7 cm³/mol. The van der Waals surface area contributed by atoms with Gasteiger partial charge in [-0.2, -0.15) is 0 Å². The van der Waals surface area contributed by atoms with Crippen molar-refractivity contribution in [3.8, 4) is 0 Å². The summed E-state index contributed by atoms with van der Waals surface area (Å²) in [6.07, 6.45) is 1.67. The van der Waals surface area contributed by atoms with Gasteiger partial charge in [0.05, 0.1) is 6.54 Å². The van der Waals surface area contributed by atoms with E-state index >= 15 is 0 Å². The molecule has 2 amide bonds. The van der Waals surface area contributed by atoms with Gasteiger partial charge in [0.1, 0.15) is 6.54 Å². The Balaban J connectivity index is 3.74. The number of hydrogen-bond acceptors (Lipinski definition) is 3. The van der Waals surface area contributed by atoms with Crippen LogP contribution in [0.15, 0.2) is 0 Å². The molecule has 0 fully saturated rings. The number of rotatable bonds is 7. The van der Waals surface area contributed by atoms with Crippen molar-refractivity contribution in [3.05, 3.63) is 0 Å². The average Bonchev–Trinajstić information content (AvgIpc) is 2.23. The number of carboxylic acids is 1.